The summed E-state index contributed by atoms with van der Waals surface area (Å²) in [4.78, 5) is 36.6. The Bertz CT molecular complexity index is 1080. The van der Waals surface area contributed by atoms with Gasteiger partial charge in [0, 0.05) is 18.4 Å². The summed E-state index contributed by atoms with van der Waals surface area (Å²) in [6.45, 7) is 1.85. The number of para-hydroxylation sites is 1. The quantitative estimate of drug-likeness (QED) is 0.436. The van der Waals surface area contributed by atoms with Gasteiger partial charge in [-0.2, -0.15) is 0 Å². The lowest BCUT2D eigenvalue weighted by Crippen LogP contribution is -2.16. The molecule has 0 amide bonds. The van der Waals surface area contributed by atoms with Gasteiger partial charge in [0.25, 0.3) is 0 Å². The molecule has 0 saturated heterocycles. The number of carbonyl (C=O) groups excluding carboxylic acids is 2. The van der Waals surface area contributed by atoms with Crippen LogP contribution in [0.5, 0.6) is 5.75 Å². The van der Waals surface area contributed by atoms with Crippen molar-refractivity contribution in [3.8, 4) is 17.1 Å². The highest BCUT2D eigenvalue weighted by atomic mass is 16.5. The van der Waals surface area contributed by atoms with Crippen molar-refractivity contribution in [3.63, 3.8) is 0 Å². The SMILES string of the molecule is COC(=O)CCCCC(=O)Oc1c(-c2ccccc2)oc2c(C)cccc2c1=O. The van der Waals surface area contributed by atoms with Crippen LogP contribution in [0.4, 0.5) is 0 Å². The summed E-state index contributed by atoms with van der Waals surface area (Å²) in [7, 11) is 1.32. The highest BCUT2D eigenvalue weighted by Gasteiger charge is 2.21. The molecule has 2 aromatic carbocycles. The lowest BCUT2D eigenvalue weighted by Gasteiger charge is -2.11. The van der Waals surface area contributed by atoms with Crippen molar-refractivity contribution in [2.24, 2.45) is 0 Å². The fourth-order valence-electron chi connectivity index (χ4n) is 3.02. The van der Waals surface area contributed by atoms with Gasteiger partial charge in [-0.25, -0.2) is 0 Å². The molecule has 3 rings (SSSR count). The van der Waals surface area contributed by atoms with Crippen LogP contribution in [0.2, 0.25) is 0 Å². The molecule has 0 unspecified atom stereocenters. The Morgan fingerprint density at radius 1 is 0.931 bits per heavy atom. The molecular weight excluding hydrogens is 372 g/mol. The van der Waals surface area contributed by atoms with Crippen LogP contribution in [0.25, 0.3) is 22.3 Å². The van der Waals surface area contributed by atoms with Crippen LogP contribution in [-0.2, 0) is 14.3 Å². The van der Waals surface area contributed by atoms with Crippen LogP contribution < -0.4 is 10.2 Å². The molecule has 0 radical (unpaired) electrons. The van der Waals surface area contributed by atoms with Gasteiger partial charge in [0.15, 0.2) is 5.76 Å². The predicted octanol–water partition coefficient (Wildman–Crippen LogP) is 4.41. The van der Waals surface area contributed by atoms with Gasteiger partial charge in [0.2, 0.25) is 11.2 Å². The fourth-order valence-corrected chi connectivity index (χ4v) is 3.02. The summed E-state index contributed by atoms with van der Waals surface area (Å²) in [5, 5.41) is 0.359. The molecule has 150 valence electrons. The second-order valence-corrected chi connectivity index (χ2v) is 6.66. The van der Waals surface area contributed by atoms with E-state index in [0.717, 1.165) is 5.56 Å². The van der Waals surface area contributed by atoms with Crippen molar-refractivity contribution >= 4 is 22.9 Å². The number of hydrogen-bond donors (Lipinski definition) is 0. The Morgan fingerprint density at radius 3 is 2.31 bits per heavy atom. The van der Waals surface area contributed by atoms with Crippen molar-refractivity contribution in [1.82, 2.24) is 0 Å². The second-order valence-electron chi connectivity index (χ2n) is 6.66. The minimum atomic E-state index is -0.550. The van der Waals surface area contributed by atoms with Gasteiger partial charge in [-0.3, -0.25) is 14.4 Å². The average Bonchev–Trinajstić information content (AvgIpc) is 2.74. The number of hydrogen-bond acceptors (Lipinski definition) is 6. The second kappa shape index (κ2) is 9.19. The van der Waals surface area contributed by atoms with Gasteiger partial charge >= 0.3 is 11.9 Å². The van der Waals surface area contributed by atoms with Gasteiger partial charge in [0.05, 0.1) is 12.5 Å². The molecule has 1 aromatic heterocycles. The van der Waals surface area contributed by atoms with E-state index in [1.165, 1.54) is 7.11 Å². The van der Waals surface area contributed by atoms with Crippen LogP contribution in [0, 0.1) is 6.92 Å². The summed E-state index contributed by atoms with van der Waals surface area (Å²) in [6, 6.07) is 14.3. The van der Waals surface area contributed by atoms with Crippen molar-refractivity contribution in [2.45, 2.75) is 32.6 Å². The van der Waals surface area contributed by atoms with E-state index in [9.17, 15) is 14.4 Å². The first-order chi connectivity index (χ1) is 14.0. The van der Waals surface area contributed by atoms with Crippen LogP contribution in [0.3, 0.4) is 0 Å². The first kappa shape index (κ1) is 20.3. The van der Waals surface area contributed by atoms with E-state index >= 15 is 0 Å². The highest BCUT2D eigenvalue weighted by molar-refractivity contribution is 5.86. The highest BCUT2D eigenvalue weighted by Crippen LogP contribution is 2.32. The molecule has 0 aliphatic heterocycles. The van der Waals surface area contributed by atoms with E-state index in [2.05, 4.69) is 4.74 Å². The van der Waals surface area contributed by atoms with Crippen molar-refractivity contribution in [1.29, 1.82) is 0 Å². The van der Waals surface area contributed by atoms with E-state index in [1.54, 1.807) is 24.3 Å². The number of esters is 2. The number of unbranched alkanes of at least 4 members (excludes halogenated alkanes) is 1. The minimum absolute atomic E-state index is 0.0799. The first-order valence-corrected chi connectivity index (χ1v) is 9.40. The zero-order valence-electron chi connectivity index (χ0n) is 16.4. The van der Waals surface area contributed by atoms with E-state index in [-0.39, 0.29) is 30.3 Å². The van der Waals surface area contributed by atoms with E-state index in [4.69, 9.17) is 9.15 Å². The van der Waals surface area contributed by atoms with Crippen LogP contribution >= 0.6 is 0 Å². The Labute approximate surface area is 168 Å². The number of aryl methyl sites for hydroxylation is 1. The number of benzene rings is 2. The maximum atomic E-state index is 13.1. The van der Waals surface area contributed by atoms with Crippen molar-refractivity contribution in [3.05, 3.63) is 64.3 Å². The predicted molar refractivity (Wildman–Crippen MR) is 109 cm³/mol. The molecule has 6 nitrogen and oxygen atoms in total. The third kappa shape index (κ3) is 4.71. The van der Waals surface area contributed by atoms with Gasteiger partial charge in [-0.15, -0.1) is 0 Å². The molecular formula is C23H22O6. The maximum absolute atomic E-state index is 13.1. The van der Waals surface area contributed by atoms with E-state index < -0.39 is 11.4 Å². The lowest BCUT2D eigenvalue weighted by molar-refractivity contribution is -0.141. The largest absolute Gasteiger partial charge is 0.469 e. The van der Waals surface area contributed by atoms with Gasteiger partial charge in [0.1, 0.15) is 5.58 Å². The lowest BCUT2D eigenvalue weighted by atomic mass is 10.1. The van der Waals surface area contributed by atoms with Gasteiger partial charge < -0.3 is 13.9 Å². The maximum Gasteiger partial charge on any atom is 0.311 e. The van der Waals surface area contributed by atoms with Gasteiger partial charge in [-0.05, 0) is 31.4 Å². The third-order valence-electron chi connectivity index (χ3n) is 4.56. The zero-order valence-corrected chi connectivity index (χ0v) is 16.4. The molecule has 0 N–H and O–H groups in total. The molecule has 0 aliphatic rings. The number of methoxy groups -OCH3 is 1. The summed E-state index contributed by atoms with van der Waals surface area (Å²) in [5.41, 5.74) is 1.53. The van der Waals surface area contributed by atoms with Gasteiger partial charge in [-0.1, -0.05) is 42.5 Å². The topological polar surface area (TPSA) is 82.8 Å². The molecule has 0 aliphatic carbocycles. The van der Waals surface area contributed by atoms with Crippen molar-refractivity contribution < 1.29 is 23.5 Å². The van der Waals surface area contributed by atoms with Crippen LogP contribution in [0.1, 0.15) is 31.2 Å². The first-order valence-electron chi connectivity index (χ1n) is 9.40. The molecule has 29 heavy (non-hydrogen) atoms. The summed E-state index contributed by atoms with van der Waals surface area (Å²) < 4.78 is 16.1. The zero-order chi connectivity index (χ0) is 20.8. The van der Waals surface area contributed by atoms with Crippen molar-refractivity contribution in [2.75, 3.05) is 7.11 Å². The molecule has 0 spiro atoms. The minimum Gasteiger partial charge on any atom is -0.469 e. The molecule has 6 heteroatoms. The molecule has 1 heterocycles. The number of carbonyl (C=O) groups is 2. The monoisotopic (exact) mass is 394 g/mol. The Balaban J connectivity index is 1.92. The smallest absolute Gasteiger partial charge is 0.311 e. The molecule has 0 bridgehead atoms. The standard InChI is InChI=1S/C23H22O6/c1-15-9-8-12-17-20(26)23(28-19(25)14-7-6-13-18(24)27-2)22(29-21(15)17)16-10-4-3-5-11-16/h3-5,8-12H,6-7,13-14H2,1-2H3. The van der Waals surface area contributed by atoms with Crippen LogP contribution in [-0.4, -0.2) is 19.0 Å². The summed E-state index contributed by atoms with van der Waals surface area (Å²) in [6.07, 6.45) is 1.26. The number of ether oxygens (including phenoxy) is 2. The fraction of sp³-hybridized carbons (Fsp3) is 0.261. The summed E-state index contributed by atoms with van der Waals surface area (Å²) in [5.74, 6) is -0.769. The third-order valence-corrected chi connectivity index (χ3v) is 4.56. The summed E-state index contributed by atoms with van der Waals surface area (Å²) >= 11 is 0. The Morgan fingerprint density at radius 2 is 1.62 bits per heavy atom. The molecule has 0 fully saturated rings. The van der Waals surface area contributed by atoms with E-state index in [0.29, 0.717) is 29.4 Å². The molecule has 0 atom stereocenters. The molecule has 0 saturated carbocycles. The van der Waals surface area contributed by atoms with E-state index in [1.807, 2.05) is 31.2 Å². The molecule has 3 aromatic rings. The average molecular weight is 394 g/mol. The Kier molecular flexibility index (Phi) is 6.44. The normalized spacial score (nSPS) is 10.7. The van der Waals surface area contributed by atoms with Crippen LogP contribution in [0.15, 0.2) is 57.7 Å². The number of rotatable bonds is 7. The Hall–Kier alpha value is -3.41. The number of fused-ring (bicyclic) bond motifs is 1.